The quantitative estimate of drug-likeness (QED) is 0.544. The minimum atomic E-state index is -0.623. The second kappa shape index (κ2) is 9.25. The fourth-order valence-corrected chi connectivity index (χ4v) is 4.63. The molecule has 34 heavy (non-hydrogen) atoms. The minimum absolute atomic E-state index is 0.0458. The number of hydrogen-bond donors (Lipinski definition) is 2. The van der Waals surface area contributed by atoms with Gasteiger partial charge in [-0.3, -0.25) is 9.69 Å². The summed E-state index contributed by atoms with van der Waals surface area (Å²) in [5, 5.41) is 7.17. The number of nitrogens with one attached hydrogen (secondary N) is 2. The van der Waals surface area contributed by atoms with Crippen LogP contribution in [0.2, 0.25) is 10.0 Å². The molecule has 176 valence electrons. The first kappa shape index (κ1) is 22.6. The van der Waals surface area contributed by atoms with E-state index in [9.17, 15) is 9.18 Å². The number of piperazine rings is 1. The van der Waals surface area contributed by atoms with Crippen LogP contribution in [-0.2, 0) is 0 Å². The summed E-state index contributed by atoms with van der Waals surface area (Å²) >= 11 is 12.7. The van der Waals surface area contributed by atoms with E-state index in [0.717, 1.165) is 30.2 Å². The van der Waals surface area contributed by atoms with E-state index < -0.39 is 11.7 Å². The topological polar surface area (TPSA) is 82.6 Å². The number of carbonyl (C=O) groups excluding carboxylic acids is 1. The summed E-state index contributed by atoms with van der Waals surface area (Å²) in [7, 11) is 0. The molecule has 0 aliphatic carbocycles. The molecule has 8 nitrogen and oxygen atoms in total. The molecule has 0 saturated carbocycles. The molecule has 1 atom stereocenters. The number of halogens is 3. The number of fused-ring (bicyclic) bond motifs is 1. The minimum Gasteiger partial charge on any atom is -0.455 e. The Morgan fingerprint density at radius 1 is 1.24 bits per heavy atom. The van der Waals surface area contributed by atoms with Crippen molar-refractivity contribution in [3.63, 3.8) is 0 Å². The van der Waals surface area contributed by atoms with Crippen molar-refractivity contribution in [3.05, 3.63) is 64.0 Å². The Hall–Kier alpha value is -3.14. The van der Waals surface area contributed by atoms with Crippen LogP contribution in [0.15, 0.2) is 42.6 Å². The summed E-state index contributed by atoms with van der Waals surface area (Å²) in [5.74, 6) is -0.785. The molecule has 3 heterocycles. The van der Waals surface area contributed by atoms with E-state index in [0.29, 0.717) is 16.8 Å². The molecule has 2 N–H and O–H groups in total. The standard InChI is InChI=1S/C23H21Cl2FN6O2/c1-13-10-27-7-8-31(13)19-6-5-14(9-17(19)25)29-23-28-11-15-21(30-23)34-12-32(22(15)33)20-16(24)3-2-4-18(20)26/h2-6,9,11,13,27H,7-8,10,12H2,1H3,(H,28,29,30)/t13-/m1/s1. The summed E-state index contributed by atoms with van der Waals surface area (Å²) in [6, 6.07) is 10.2. The van der Waals surface area contributed by atoms with Gasteiger partial charge in [-0.25, -0.2) is 9.37 Å². The van der Waals surface area contributed by atoms with Crippen LogP contribution < -0.4 is 25.2 Å². The van der Waals surface area contributed by atoms with Crippen LogP contribution in [0.1, 0.15) is 17.3 Å². The molecule has 11 heteroatoms. The number of nitrogens with zero attached hydrogens (tertiary/aromatic N) is 4. The van der Waals surface area contributed by atoms with Gasteiger partial charge in [0.2, 0.25) is 11.8 Å². The largest absolute Gasteiger partial charge is 0.455 e. The lowest BCUT2D eigenvalue weighted by Crippen LogP contribution is -2.50. The van der Waals surface area contributed by atoms with Crippen molar-refractivity contribution >= 4 is 52.1 Å². The van der Waals surface area contributed by atoms with E-state index in [4.69, 9.17) is 27.9 Å². The molecule has 2 aliphatic rings. The van der Waals surface area contributed by atoms with E-state index in [-0.39, 0.29) is 34.8 Å². The summed E-state index contributed by atoms with van der Waals surface area (Å²) in [6.07, 6.45) is 1.34. The first-order chi connectivity index (χ1) is 16.4. The van der Waals surface area contributed by atoms with Crippen LogP contribution in [0.3, 0.4) is 0 Å². The lowest BCUT2D eigenvalue weighted by Gasteiger charge is -2.36. The molecule has 1 fully saturated rings. The Labute approximate surface area is 205 Å². The third-order valence-electron chi connectivity index (χ3n) is 5.78. The van der Waals surface area contributed by atoms with Gasteiger partial charge in [-0.2, -0.15) is 4.98 Å². The van der Waals surface area contributed by atoms with Gasteiger partial charge in [0.15, 0.2) is 6.73 Å². The van der Waals surface area contributed by atoms with Crippen LogP contribution >= 0.6 is 23.2 Å². The number of rotatable bonds is 4. The molecule has 3 aromatic rings. The van der Waals surface area contributed by atoms with Gasteiger partial charge in [-0.1, -0.05) is 29.3 Å². The maximum Gasteiger partial charge on any atom is 0.268 e. The Balaban J connectivity index is 1.35. The molecular formula is C23H21Cl2FN6O2. The van der Waals surface area contributed by atoms with Crippen LogP contribution in [0, 0.1) is 5.82 Å². The maximum absolute atomic E-state index is 14.3. The van der Waals surface area contributed by atoms with Gasteiger partial charge in [-0.05, 0) is 37.3 Å². The van der Waals surface area contributed by atoms with Crippen LogP contribution in [-0.4, -0.2) is 48.3 Å². The second-order valence-corrected chi connectivity index (χ2v) is 8.84. The summed E-state index contributed by atoms with van der Waals surface area (Å²) in [4.78, 5) is 24.9. The third kappa shape index (κ3) is 4.22. The number of benzene rings is 2. The molecular weight excluding hydrogens is 482 g/mol. The number of hydrogen-bond acceptors (Lipinski definition) is 7. The van der Waals surface area contributed by atoms with Crippen LogP contribution in [0.25, 0.3) is 0 Å². The monoisotopic (exact) mass is 502 g/mol. The Kier molecular flexibility index (Phi) is 6.16. The third-order valence-corrected chi connectivity index (χ3v) is 6.39. The van der Waals surface area contributed by atoms with Crippen molar-refractivity contribution in [1.82, 2.24) is 15.3 Å². The van der Waals surface area contributed by atoms with E-state index in [1.807, 2.05) is 18.2 Å². The number of aromatic nitrogens is 2. The molecule has 0 bridgehead atoms. The van der Waals surface area contributed by atoms with Gasteiger partial charge in [0.25, 0.3) is 5.91 Å². The molecule has 1 amide bonds. The number of carbonyl (C=O) groups is 1. The van der Waals surface area contributed by atoms with Crippen molar-refractivity contribution in [2.75, 3.05) is 41.5 Å². The zero-order valence-corrected chi connectivity index (χ0v) is 19.7. The fraction of sp³-hybridized carbons (Fsp3) is 0.261. The zero-order valence-electron chi connectivity index (χ0n) is 18.2. The van der Waals surface area contributed by atoms with Crippen LogP contribution in [0.4, 0.5) is 27.4 Å². The number of anilines is 4. The molecule has 0 unspecified atom stereocenters. The van der Waals surface area contributed by atoms with E-state index in [1.54, 1.807) is 0 Å². The lowest BCUT2D eigenvalue weighted by atomic mass is 10.1. The Bertz CT molecular complexity index is 1240. The second-order valence-electron chi connectivity index (χ2n) is 8.03. The first-order valence-electron chi connectivity index (χ1n) is 10.7. The predicted octanol–water partition coefficient (Wildman–Crippen LogP) is 4.46. The van der Waals surface area contributed by atoms with Gasteiger partial charge in [-0.15, -0.1) is 0 Å². The molecule has 1 saturated heterocycles. The van der Waals surface area contributed by atoms with Gasteiger partial charge in [0, 0.05) is 37.6 Å². The molecule has 1 aromatic heterocycles. The van der Waals surface area contributed by atoms with E-state index in [2.05, 4.69) is 32.4 Å². The van der Waals surface area contributed by atoms with Crippen molar-refractivity contribution in [2.24, 2.45) is 0 Å². The lowest BCUT2D eigenvalue weighted by molar-refractivity contribution is 0.0931. The number of para-hydroxylation sites is 1. The predicted molar refractivity (Wildman–Crippen MR) is 130 cm³/mol. The SMILES string of the molecule is C[C@@H]1CNCCN1c1ccc(Nc2ncc3c(n2)OCN(c2c(F)cccc2Cl)C3=O)cc1Cl. The summed E-state index contributed by atoms with van der Waals surface area (Å²) in [5.41, 5.74) is 1.72. The van der Waals surface area contributed by atoms with Crippen molar-refractivity contribution < 1.29 is 13.9 Å². The van der Waals surface area contributed by atoms with Gasteiger partial charge >= 0.3 is 0 Å². The molecule has 2 aromatic carbocycles. The highest BCUT2D eigenvalue weighted by Gasteiger charge is 2.31. The molecule has 0 spiro atoms. The van der Waals surface area contributed by atoms with Crippen molar-refractivity contribution in [1.29, 1.82) is 0 Å². The van der Waals surface area contributed by atoms with E-state index in [1.165, 1.54) is 24.4 Å². The fourth-order valence-electron chi connectivity index (χ4n) is 4.07. The Morgan fingerprint density at radius 3 is 2.85 bits per heavy atom. The van der Waals surface area contributed by atoms with Crippen molar-refractivity contribution in [3.8, 4) is 5.88 Å². The van der Waals surface area contributed by atoms with Gasteiger partial charge in [0.1, 0.15) is 17.1 Å². The number of ether oxygens (including phenoxy) is 1. The highest BCUT2D eigenvalue weighted by Crippen LogP contribution is 2.35. The van der Waals surface area contributed by atoms with Gasteiger partial charge in [0.05, 0.1) is 15.7 Å². The number of amides is 1. The normalized spacial score (nSPS) is 17.9. The highest BCUT2D eigenvalue weighted by atomic mass is 35.5. The van der Waals surface area contributed by atoms with Crippen LogP contribution in [0.5, 0.6) is 5.88 Å². The molecule has 2 aliphatic heterocycles. The summed E-state index contributed by atoms with van der Waals surface area (Å²) in [6.45, 7) is 4.61. The summed E-state index contributed by atoms with van der Waals surface area (Å²) < 4.78 is 19.9. The highest BCUT2D eigenvalue weighted by molar-refractivity contribution is 6.34. The first-order valence-corrected chi connectivity index (χ1v) is 11.5. The van der Waals surface area contributed by atoms with Gasteiger partial charge < -0.3 is 20.3 Å². The molecule has 0 radical (unpaired) electrons. The maximum atomic E-state index is 14.3. The Morgan fingerprint density at radius 2 is 2.09 bits per heavy atom. The smallest absolute Gasteiger partial charge is 0.268 e. The molecule has 5 rings (SSSR count). The van der Waals surface area contributed by atoms with E-state index >= 15 is 0 Å². The zero-order chi connectivity index (χ0) is 23.8. The van der Waals surface area contributed by atoms with Crippen molar-refractivity contribution in [2.45, 2.75) is 13.0 Å². The average Bonchev–Trinajstić information content (AvgIpc) is 2.81. The average molecular weight is 503 g/mol.